The summed E-state index contributed by atoms with van der Waals surface area (Å²) >= 11 is 0. The first-order valence-corrected chi connectivity index (χ1v) is 11.1. The molecule has 2 aliphatic rings. The Morgan fingerprint density at radius 3 is 2.63 bits per heavy atom. The molecule has 3 aromatic rings. The average molecular weight is 428 g/mol. The molecule has 1 spiro atoms. The molecule has 2 aromatic heterocycles. The first kappa shape index (κ1) is 19.1. The number of hydrogen-bond acceptors (Lipinski definition) is 6. The van der Waals surface area contributed by atoms with Crippen LogP contribution < -0.4 is 15.5 Å². The van der Waals surface area contributed by atoms with E-state index in [2.05, 4.69) is 15.4 Å². The van der Waals surface area contributed by atoms with Gasteiger partial charge in [-0.25, -0.2) is 19.3 Å². The number of halogens is 1. The van der Waals surface area contributed by atoms with Gasteiger partial charge in [-0.2, -0.15) is 9.37 Å². The molecule has 0 saturated heterocycles. The molecule has 156 valence electrons. The lowest BCUT2D eigenvalue weighted by Gasteiger charge is -2.41. The summed E-state index contributed by atoms with van der Waals surface area (Å²) in [6.07, 6.45) is 6.16. The van der Waals surface area contributed by atoms with Crippen molar-refractivity contribution >= 4 is 45.4 Å². The molecule has 1 saturated carbocycles. The molecule has 3 N–H and O–H groups in total. The highest BCUT2D eigenvalue weighted by molar-refractivity contribution is 7.82. The second-order valence-electron chi connectivity index (χ2n) is 7.76. The Morgan fingerprint density at radius 1 is 1.20 bits per heavy atom. The van der Waals surface area contributed by atoms with Crippen molar-refractivity contribution < 1.29 is 8.60 Å². The Labute approximate surface area is 175 Å². The Kier molecular flexibility index (Phi) is 4.55. The smallest absolute Gasteiger partial charge is 0.233 e. The van der Waals surface area contributed by atoms with E-state index in [9.17, 15) is 4.21 Å². The predicted octanol–water partition coefficient (Wildman–Crippen LogP) is 3.55. The maximum absolute atomic E-state index is 15.2. The highest BCUT2D eigenvalue weighted by atomic mass is 32.2. The van der Waals surface area contributed by atoms with Gasteiger partial charge < -0.3 is 5.32 Å². The largest absolute Gasteiger partial charge is 0.324 e. The van der Waals surface area contributed by atoms with Crippen LogP contribution in [0.2, 0.25) is 0 Å². The van der Waals surface area contributed by atoms with E-state index in [-0.39, 0.29) is 5.97 Å². The van der Waals surface area contributed by atoms with Gasteiger partial charge in [-0.05, 0) is 43.2 Å². The van der Waals surface area contributed by atoms with Crippen LogP contribution >= 0.6 is 0 Å². The Morgan fingerprint density at radius 2 is 1.93 bits per heavy atom. The number of rotatable bonds is 3. The quantitative estimate of drug-likeness (QED) is 0.666. The van der Waals surface area contributed by atoms with Gasteiger partial charge in [-0.3, -0.25) is 4.57 Å². The lowest BCUT2D eigenvalue weighted by atomic mass is 9.81. The number of nitrogens with zero attached hydrogens (tertiary/aromatic N) is 5. The van der Waals surface area contributed by atoms with Crippen molar-refractivity contribution in [2.24, 2.45) is 10.2 Å². The molecule has 30 heavy (non-hydrogen) atoms. The topological polar surface area (TPSA) is 101 Å². The molecular weight excluding hydrogens is 405 g/mol. The van der Waals surface area contributed by atoms with Crippen molar-refractivity contribution in [1.82, 2.24) is 14.5 Å². The van der Waals surface area contributed by atoms with Crippen LogP contribution in [0.5, 0.6) is 0 Å². The number of nitrogens with one attached hydrogen (secondary N) is 1. The number of hydrogen-bond donors (Lipinski definition) is 2. The van der Waals surface area contributed by atoms with E-state index in [0.29, 0.717) is 29.3 Å². The van der Waals surface area contributed by atoms with Crippen LogP contribution in [-0.2, 0) is 16.5 Å². The number of fused-ring (bicyclic) bond motifs is 4. The van der Waals surface area contributed by atoms with Gasteiger partial charge in [-0.15, -0.1) is 5.10 Å². The zero-order valence-corrected chi connectivity index (χ0v) is 17.3. The molecule has 0 bridgehead atoms. The van der Waals surface area contributed by atoms with Crippen LogP contribution in [0.15, 0.2) is 46.5 Å². The fourth-order valence-electron chi connectivity index (χ4n) is 4.43. The van der Waals surface area contributed by atoms with Gasteiger partial charge in [0.1, 0.15) is 28.0 Å². The van der Waals surface area contributed by atoms with Crippen molar-refractivity contribution in [3.63, 3.8) is 0 Å². The lowest BCUT2D eigenvalue weighted by Crippen LogP contribution is -2.46. The average Bonchev–Trinajstić information content (AvgIpc) is 3.14. The molecule has 0 radical (unpaired) electrons. The van der Waals surface area contributed by atoms with Gasteiger partial charge in [0.2, 0.25) is 11.9 Å². The third-order valence-electron chi connectivity index (χ3n) is 5.93. The van der Waals surface area contributed by atoms with Gasteiger partial charge in [0, 0.05) is 24.3 Å². The number of anilines is 3. The molecule has 3 heterocycles. The SMILES string of the molecule is CN1N=C(F)C2(CCCCC2)n2c1cc1cnc(Nc3ccc(S(N)=O)cc3)nc12. The third-order valence-corrected chi connectivity index (χ3v) is 6.66. The normalized spacial score (nSPS) is 18.9. The summed E-state index contributed by atoms with van der Waals surface area (Å²) in [7, 11) is 0.220. The lowest BCUT2D eigenvalue weighted by molar-refractivity contribution is 0.263. The Balaban J connectivity index is 1.58. The zero-order chi connectivity index (χ0) is 20.9. The molecule has 5 rings (SSSR count). The number of nitrogens with two attached hydrogens (primary N) is 1. The summed E-state index contributed by atoms with van der Waals surface area (Å²) in [5.41, 5.74) is 0.646. The minimum atomic E-state index is -1.53. The fourth-order valence-corrected chi connectivity index (χ4v) is 4.84. The molecular formula is C20H22FN7OS. The Bertz CT molecular complexity index is 1170. The number of aromatic nitrogens is 3. The summed E-state index contributed by atoms with van der Waals surface area (Å²) in [6.45, 7) is 0. The molecule has 10 heteroatoms. The van der Waals surface area contributed by atoms with E-state index >= 15 is 4.39 Å². The predicted molar refractivity (Wildman–Crippen MR) is 116 cm³/mol. The molecule has 1 atom stereocenters. The van der Waals surface area contributed by atoms with Crippen LogP contribution in [0.1, 0.15) is 32.1 Å². The van der Waals surface area contributed by atoms with Crippen LogP contribution in [0, 0.1) is 0 Å². The minimum absolute atomic E-state index is 0.354. The van der Waals surface area contributed by atoms with Gasteiger partial charge in [0.15, 0.2) is 0 Å². The van der Waals surface area contributed by atoms with Gasteiger partial charge in [0.05, 0.1) is 4.90 Å². The first-order chi connectivity index (χ1) is 14.5. The zero-order valence-electron chi connectivity index (χ0n) is 16.5. The summed E-state index contributed by atoms with van der Waals surface area (Å²) in [5.74, 6) is 0.865. The van der Waals surface area contributed by atoms with Gasteiger partial charge in [-0.1, -0.05) is 19.3 Å². The minimum Gasteiger partial charge on any atom is -0.324 e. The van der Waals surface area contributed by atoms with Crippen LogP contribution in [0.4, 0.5) is 21.8 Å². The van der Waals surface area contributed by atoms with E-state index in [0.717, 1.165) is 36.2 Å². The molecule has 1 fully saturated rings. The standard InChI is InChI=1S/C20H22FN7OS/c1-27-16-11-13-12-23-19(24-14-5-7-15(8-6-14)30(22)29)25-17(13)28(16)20(18(21)26-27)9-3-2-4-10-20/h5-8,11-12H,2-4,9-10,22H2,1H3,(H,23,24,25). The molecule has 1 unspecified atom stereocenters. The van der Waals surface area contributed by atoms with Gasteiger partial charge in [0.25, 0.3) is 0 Å². The molecule has 1 aliphatic carbocycles. The van der Waals surface area contributed by atoms with Crippen molar-refractivity contribution in [3.8, 4) is 0 Å². The molecule has 1 aliphatic heterocycles. The third kappa shape index (κ3) is 2.98. The summed E-state index contributed by atoms with van der Waals surface area (Å²) in [4.78, 5) is 9.68. The van der Waals surface area contributed by atoms with E-state index in [1.54, 1.807) is 42.5 Å². The van der Waals surface area contributed by atoms with E-state index in [4.69, 9.17) is 10.1 Å². The second kappa shape index (κ2) is 7.13. The molecule has 1 aromatic carbocycles. The second-order valence-corrected chi connectivity index (χ2v) is 8.83. The highest BCUT2D eigenvalue weighted by Crippen LogP contribution is 2.45. The first-order valence-electron chi connectivity index (χ1n) is 9.88. The highest BCUT2D eigenvalue weighted by Gasteiger charge is 2.45. The van der Waals surface area contributed by atoms with E-state index in [1.165, 1.54) is 0 Å². The van der Waals surface area contributed by atoms with E-state index in [1.807, 2.05) is 10.6 Å². The summed E-state index contributed by atoms with van der Waals surface area (Å²) in [6, 6.07) is 8.87. The monoisotopic (exact) mass is 427 g/mol. The maximum Gasteiger partial charge on any atom is 0.233 e. The van der Waals surface area contributed by atoms with Crippen LogP contribution in [0.25, 0.3) is 11.0 Å². The maximum atomic E-state index is 15.2. The van der Waals surface area contributed by atoms with E-state index < -0.39 is 16.5 Å². The van der Waals surface area contributed by atoms with Crippen molar-refractivity contribution in [2.75, 3.05) is 17.4 Å². The summed E-state index contributed by atoms with van der Waals surface area (Å²) in [5, 5.41) is 15.1. The number of hydrazone groups is 1. The summed E-state index contributed by atoms with van der Waals surface area (Å²) < 4.78 is 28.6. The van der Waals surface area contributed by atoms with Crippen LogP contribution in [-0.4, -0.2) is 31.8 Å². The van der Waals surface area contributed by atoms with Crippen LogP contribution in [0.3, 0.4) is 0 Å². The van der Waals surface area contributed by atoms with Crippen molar-refractivity contribution in [1.29, 1.82) is 0 Å². The van der Waals surface area contributed by atoms with Crippen molar-refractivity contribution in [3.05, 3.63) is 36.5 Å². The number of benzene rings is 1. The van der Waals surface area contributed by atoms with Gasteiger partial charge >= 0.3 is 0 Å². The fraction of sp³-hybridized carbons (Fsp3) is 0.350. The molecule has 0 amide bonds. The molecule has 8 nitrogen and oxygen atoms in total. The van der Waals surface area contributed by atoms with Crippen molar-refractivity contribution in [2.45, 2.75) is 42.5 Å². The Hall–Kier alpha value is -2.85.